The van der Waals surface area contributed by atoms with Crippen LogP contribution in [0.4, 0.5) is 0 Å². The second-order valence-corrected chi connectivity index (χ2v) is 16.9. The van der Waals surface area contributed by atoms with Crippen molar-refractivity contribution >= 4 is 11.9 Å². The van der Waals surface area contributed by atoms with E-state index in [-0.39, 0.29) is 23.8 Å². The molecule has 2 N–H and O–H groups in total. The molecule has 4 fully saturated rings. The highest BCUT2D eigenvalue weighted by Gasteiger charge is 2.63. The number of carbonyl (C=O) groups is 2. The maximum Gasteiger partial charge on any atom is 0.316 e. The first-order valence-corrected chi connectivity index (χ1v) is 20.3. The number of aliphatic hydroxyl groups is 2. The Hall–Kier alpha value is -4.34. The molecule has 4 atom stereocenters. The van der Waals surface area contributed by atoms with Gasteiger partial charge in [-0.25, -0.2) is 0 Å². The van der Waals surface area contributed by atoms with Crippen LogP contribution >= 0.6 is 0 Å². The molecule has 2 saturated carbocycles. The molecule has 4 aliphatic rings. The first-order chi connectivity index (χ1) is 27.0. The lowest BCUT2D eigenvalue weighted by Gasteiger charge is -2.39. The van der Waals surface area contributed by atoms with Gasteiger partial charge < -0.3 is 29.5 Å². The Balaban J connectivity index is 0.000000172. The molecular formula is C48H58N2O6. The zero-order valence-electron chi connectivity index (χ0n) is 33.5. The van der Waals surface area contributed by atoms with Crippen LogP contribution in [0.2, 0.25) is 0 Å². The third-order valence-electron chi connectivity index (χ3n) is 13.4. The molecule has 296 valence electrons. The van der Waals surface area contributed by atoms with Crippen molar-refractivity contribution in [2.75, 3.05) is 53.5 Å². The molecule has 2 aliphatic carbocycles. The van der Waals surface area contributed by atoms with Gasteiger partial charge in [0.15, 0.2) is 0 Å². The van der Waals surface area contributed by atoms with Gasteiger partial charge in [0.1, 0.15) is 0 Å². The Kier molecular flexibility index (Phi) is 11.6. The third-order valence-corrected chi connectivity index (χ3v) is 13.4. The van der Waals surface area contributed by atoms with Gasteiger partial charge >= 0.3 is 11.9 Å². The molecule has 0 aromatic heterocycles. The lowest BCUT2D eigenvalue weighted by molar-refractivity contribution is -0.145. The second kappa shape index (κ2) is 16.3. The van der Waals surface area contributed by atoms with Crippen LogP contribution in [-0.4, -0.2) is 85.4 Å². The fourth-order valence-corrected chi connectivity index (χ4v) is 9.52. The lowest BCUT2D eigenvalue weighted by Crippen LogP contribution is -2.44. The number of aryl methyl sites for hydroxylation is 2. The summed E-state index contributed by atoms with van der Waals surface area (Å²) in [4.78, 5) is 30.1. The summed E-state index contributed by atoms with van der Waals surface area (Å²) in [5, 5.41) is 22.1. The average Bonchev–Trinajstić information content (AvgIpc) is 4.15. The number of esters is 2. The molecule has 2 saturated heterocycles. The van der Waals surface area contributed by atoms with Crippen LogP contribution in [0.1, 0.15) is 71.9 Å². The topological polar surface area (TPSA) is 99.5 Å². The summed E-state index contributed by atoms with van der Waals surface area (Å²) in [6.45, 7) is 9.21. The molecule has 8 rings (SSSR count). The van der Waals surface area contributed by atoms with E-state index in [0.717, 1.165) is 100 Å². The van der Waals surface area contributed by atoms with Crippen LogP contribution in [-0.2, 0) is 41.1 Å². The number of hydrogen-bond acceptors (Lipinski definition) is 8. The van der Waals surface area contributed by atoms with E-state index in [1.165, 1.54) is 25.3 Å². The molecule has 4 unspecified atom stereocenters. The largest absolute Gasteiger partial charge is 0.468 e. The van der Waals surface area contributed by atoms with Crippen LogP contribution in [0.3, 0.4) is 0 Å². The quantitative estimate of drug-likeness (QED) is 0.170. The number of hydrogen-bond donors (Lipinski definition) is 2. The number of nitrogens with zero attached hydrogens (tertiary/aromatic N) is 2. The fraction of sp³-hybridized carbons (Fsp3) is 0.458. The molecule has 4 aromatic carbocycles. The lowest BCUT2D eigenvalue weighted by atomic mass is 9.84. The van der Waals surface area contributed by atoms with E-state index in [0.29, 0.717) is 0 Å². The maximum atomic E-state index is 12.6. The first-order valence-electron chi connectivity index (χ1n) is 20.3. The smallest absolute Gasteiger partial charge is 0.316 e. The molecule has 0 bridgehead atoms. The number of rotatable bonds is 10. The third kappa shape index (κ3) is 7.94. The number of benzene rings is 4. The Labute approximate surface area is 332 Å². The van der Waals surface area contributed by atoms with Crippen molar-refractivity contribution in [3.63, 3.8) is 0 Å². The molecule has 8 heteroatoms. The molecule has 2 heterocycles. The summed E-state index contributed by atoms with van der Waals surface area (Å²) in [6.07, 6.45) is 4.56. The van der Waals surface area contributed by atoms with Gasteiger partial charge in [-0.15, -0.1) is 0 Å². The highest BCUT2D eigenvalue weighted by atomic mass is 16.5. The monoisotopic (exact) mass is 758 g/mol. The van der Waals surface area contributed by atoms with Crippen molar-refractivity contribution in [1.29, 1.82) is 0 Å². The highest BCUT2D eigenvalue weighted by molar-refractivity contribution is 5.88. The fourth-order valence-electron chi connectivity index (χ4n) is 9.52. The predicted octanol–water partition coefficient (Wildman–Crippen LogP) is 6.82. The SMILES string of the molecule is COC(=O)C1(c2ccc(C)cc2)CC1CN1CCC(O)(c2ccccc2)CC1.COC(=O)C1(c2ccc(C)cc2)CC1CN1CCC(O)(c2ccccc2)CC1. The van der Waals surface area contributed by atoms with Crippen LogP contribution in [0.15, 0.2) is 109 Å². The number of piperidine rings is 2. The van der Waals surface area contributed by atoms with Crippen molar-refractivity contribution in [1.82, 2.24) is 9.80 Å². The van der Waals surface area contributed by atoms with E-state index in [2.05, 4.69) is 72.2 Å². The average molecular weight is 759 g/mol. The van der Waals surface area contributed by atoms with E-state index in [9.17, 15) is 19.8 Å². The van der Waals surface area contributed by atoms with Crippen molar-refractivity contribution in [3.05, 3.63) is 143 Å². The standard InChI is InChI=1S/2C24H29NO3/c2*1-18-8-10-20(11-9-18)24(22(26)28-2)16-21(24)17-25-14-12-23(27,13-15-25)19-6-4-3-5-7-19/h2*3-11,21,27H,12-17H2,1-2H3. The number of likely N-dealkylation sites (tertiary alicyclic amines) is 2. The first kappa shape index (κ1) is 39.9. The van der Waals surface area contributed by atoms with E-state index >= 15 is 0 Å². The van der Waals surface area contributed by atoms with E-state index in [1.807, 2.05) is 60.7 Å². The minimum absolute atomic E-state index is 0.126. The van der Waals surface area contributed by atoms with Crippen molar-refractivity contribution in [3.8, 4) is 0 Å². The molecule has 56 heavy (non-hydrogen) atoms. The highest BCUT2D eigenvalue weighted by Crippen LogP contribution is 2.57. The normalized spacial score (nSPS) is 26.6. The second-order valence-electron chi connectivity index (χ2n) is 16.9. The maximum absolute atomic E-state index is 12.6. The summed E-state index contributed by atoms with van der Waals surface area (Å²) in [5.74, 6) is 0.287. The molecule has 2 aliphatic heterocycles. The van der Waals surface area contributed by atoms with Gasteiger partial charge in [-0.1, -0.05) is 120 Å². The van der Waals surface area contributed by atoms with Crippen LogP contribution in [0.25, 0.3) is 0 Å². The summed E-state index contributed by atoms with van der Waals surface area (Å²) in [6, 6.07) is 36.5. The molecule has 8 nitrogen and oxygen atoms in total. The van der Waals surface area contributed by atoms with Gasteiger partial charge in [-0.2, -0.15) is 0 Å². The van der Waals surface area contributed by atoms with E-state index < -0.39 is 22.0 Å². The Bertz CT molecular complexity index is 1790. The summed E-state index contributed by atoms with van der Waals surface area (Å²) < 4.78 is 10.4. The van der Waals surface area contributed by atoms with Gasteiger partial charge in [-0.05, 0) is 86.5 Å². The zero-order chi connectivity index (χ0) is 39.6. The van der Waals surface area contributed by atoms with Crippen LogP contribution in [0, 0.1) is 25.7 Å². The van der Waals surface area contributed by atoms with Crippen molar-refractivity contribution in [2.24, 2.45) is 11.8 Å². The molecule has 0 amide bonds. The van der Waals surface area contributed by atoms with E-state index in [4.69, 9.17) is 9.47 Å². The Morgan fingerprint density at radius 3 is 1.16 bits per heavy atom. The summed E-state index contributed by atoms with van der Waals surface area (Å²) in [7, 11) is 2.96. The van der Waals surface area contributed by atoms with E-state index in [1.54, 1.807) is 0 Å². The molecule has 0 spiro atoms. The van der Waals surface area contributed by atoms with Crippen LogP contribution < -0.4 is 0 Å². The molecule has 4 aromatic rings. The minimum atomic E-state index is -0.738. The number of ether oxygens (including phenoxy) is 2. The van der Waals surface area contributed by atoms with Gasteiger partial charge in [0.25, 0.3) is 0 Å². The van der Waals surface area contributed by atoms with Gasteiger partial charge in [0.2, 0.25) is 0 Å². The minimum Gasteiger partial charge on any atom is -0.468 e. The summed E-state index contributed by atoms with van der Waals surface area (Å²) in [5.41, 5.74) is 4.03. The van der Waals surface area contributed by atoms with Crippen molar-refractivity contribution < 1.29 is 29.3 Å². The predicted molar refractivity (Wildman–Crippen MR) is 218 cm³/mol. The Morgan fingerprint density at radius 2 is 0.857 bits per heavy atom. The van der Waals surface area contributed by atoms with Crippen LogP contribution in [0.5, 0.6) is 0 Å². The zero-order valence-corrected chi connectivity index (χ0v) is 33.5. The molecular weight excluding hydrogens is 701 g/mol. The van der Waals surface area contributed by atoms with Crippen molar-refractivity contribution in [2.45, 2.75) is 74.4 Å². The van der Waals surface area contributed by atoms with Gasteiger partial charge in [-0.3, -0.25) is 9.59 Å². The van der Waals surface area contributed by atoms with Gasteiger partial charge in [0, 0.05) is 39.3 Å². The molecule has 0 radical (unpaired) electrons. The van der Waals surface area contributed by atoms with Gasteiger partial charge in [0.05, 0.1) is 36.3 Å². The Morgan fingerprint density at radius 1 is 0.536 bits per heavy atom. The summed E-state index contributed by atoms with van der Waals surface area (Å²) >= 11 is 0. The number of carbonyl (C=O) groups excluding carboxylic acids is 2. The number of methoxy groups -OCH3 is 2.